The summed E-state index contributed by atoms with van der Waals surface area (Å²) in [5.41, 5.74) is 1.87. The summed E-state index contributed by atoms with van der Waals surface area (Å²) in [5.74, 6) is -0.579. The van der Waals surface area contributed by atoms with Crippen molar-refractivity contribution < 1.29 is 22.7 Å². The van der Waals surface area contributed by atoms with Crippen molar-refractivity contribution in [1.82, 2.24) is 4.72 Å². The number of esters is 1. The number of nitrogens with one attached hydrogen (secondary N) is 2. The van der Waals surface area contributed by atoms with Crippen molar-refractivity contribution in [2.45, 2.75) is 24.7 Å². The van der Waals surface area contributed by atoms with E-state index in [1.165, 1.54) is 19.2 Å². The van der Waals surface area contributed by atoms with Gasteiger partial charge in [0, 0.05) is 12.1 Å². The van der Waals surface area contributed by atoms with Gasteiger partial charge in [0.1, 0.15) is 0 Å². The summed E-state index contributed by atoms with van der Waals surface area (Å²) < 4.78 is 30.5. The van der Waals surface area contributed by atoms with Gasteiger partial charge in [0.15, 0.2) is 0 Å². The van der Waals surface area contributed by atoms with Gasteiger partial charge < -0.3 is 10.1 Å². The molecule has 0 aliphatic carbocycles. The average Bonchev–Trinajstić information content (AvgIpc) is 2.67. The molecule has 8 heteroatoms. The molecule has 0 bridgehead atoms. The minimum atomic E-state index is -3.46. The molecule has 144 valence electrons. The first-order valence-corrected chi connectivity index (χ1v) is 9.93. The van der Waals surface area contributed by atoms with Crippen LogP contribution in [-0.4, -0.2) is 33.9 Å². The van der Waals surface area contributed by atoms with E-state index in [-0.39, 0.29) is 17.2 Å². The molecular weight excluding hydrogens is 368 g/mol. The lowest BCUT2D eigenvalue weighted by Gasteiger charge is -2.07. The highest BCUT2D eigenvalue weighted by molar-refractivity contribution is 7.89. The molecule has 0 saturated carbocycles. The zero-order valence-electron chi connectivity index (χ0n) is 15.2. The molecule has 2 rings (SSSR count). The first-order chi connectivity index (χ1) is 12.9. The van der Waals surface area contributed by atoms with E-state index in [1.807, 2.05) is 0 Å². The maximum Gasteiger partial charge on any atom is 0.338 e. The maximum absolute atomic E-state index is 12.1. The fourth-order valence-corrected chi connectivity index (χ4v) is 3.07. The average molecular weight is 390 g/mol. The van der Waals surface area contributed by atoms with Crippen LogP contribution in [0.1, 0.15) is 29.3 Å². The molecule has 0 radical (unpaired) electrons. The van der Waals surface area contributed by atoms with Gasteiger partial charge in [0.25, 0.3) is 0 Å². The minimum absolute atomic E-state index is 0.175. The van der Waals surface area contributed by atoms with Crippen molar-refractivity contribution in [3.8, 4) is 0 Å². The van der Waals surface area contributed by atoms with Crippen molar-refractivity contribution in [3.63, 3.8) is 0 Å². The number of carbonyl (C=O) groups is 2. The van der Waals surface area contributed by atoms with E-state index >= 15 is 0 Å². The van der Waals surface area contributed by atoms with Crippen LogP contribution in [0.4, 0.5) is 5.69 Å². The fourth-order valence-electron chi connectivity index (χ4n) is 2.34. The maximum atomic E-state index is 12.1. The summed E-state index contributed by atoms with van der Waals surface area (Å²) >= 11 is 0. The van der Waals surface area contributed by atoms with Crippen LogP contribution in [0.2, 0.25) is 0 Å². The van der Waals surface area contributed by atoms with E-state index in [4.69, 9.17) is 4.74 Å². The number of benzene rings is 2. The Hall–Kier alpha value is -2.71. The van der Waals surface area contributed by atoms with Gasteiger partial charge in [-0.15, -0.1) is 0 Å². The van der Waals surface area contributed by atoms with Gasteiger partial charge in [0.05, 0.1) is 17.1 Å². The van der Waals surface area contributed by atoms with Gasteiger partial charge in [-0.3, -0.25) is 4.79 Å². The molecule has 0 fully saturated rings. The van der Waals surface area contributed by atoms with Crippen LogP contribution in [0.5, 0.6) is 0 Å². The van der Waals surface area contributed by atoms with Crippen LogP contribution in [0.3, 0.4) is 0 Å². The third-order valence-corrected chi connectivity index (χ3v) is 5.25. The van der Waals surface area contributed by atoms with Crippen LogP contribution in [-0.2, 0) is 26.0 Å². The molecule has 0 aromatic heterocycles. The first kappa shape index (κ1) is 20.6. The molecule has 0 atom stereocenters. The third kappa shape index (κ3) is 5.90. The molecule has 2 N–H and O–H groups in total. The molecule has 0 aliphatic rings. The highest BCUT2D eigenvalue weighted by Crippen LogP contribution is 2.14. The quantitative estimate of drug-likeness (QED) is 0.674. The second-order valence-electron chi connectivity index (χ2n) is 5.70. The van der Waals surface area contributed by atoms with Crippen molar-refractivity contribution >= 4 is 27.6 Å². The highest BCUT2D eigenvalue weighted by atomic mass is 32.2. The lowest BCUT2D eigenvalue weighted by Crippen LogP contribution is -2.18. The predicted octanol–water partition coefficient (Wildman–Crippen LogP) is 2.34. The molecule has 0 aliphatic heterocycles. The Morgan fingerprint density at radius 3 is 2.19 bits per heavy atom. The highest BCUT2D eigenvalue weighted by Gasteiger charge is 2.11. The Bertz CT molecular complexity index is 891. The van der Waals surface area contributed by atoms with Crippen LogP contribution < -0.4 is 10.0 Å². The monoisotopic (exact) mass is 390 g/mol. The number of rotatable bonds is 8. The Balaban J connectivity index is 1.88. The zero-order chi connectivity index (χ0) is 19.9. The number of sulfonamides is 1. The Morgan fingerprint density at radius 1 is 1.00 bits per heavy atom. The van der Waals surface area contributed by atoms with Gasteiger partial charge in [-0.1, -0.05) is 12.1 Å². The summed E-state index contributed by atoms with van der Waals surface area (Å²) in [6, 6.07) is 12.9. The van der Waals surface area contributed by atoms with Crippen molar-refractivity contribution in [2.24, 2.45) is 0 Å². The molecule has 1 amide bonds. The first-order valence-electron chi connectivity index (χ1n) is 8.45. The number of ether oxygens (including phenoxy) is 1. The zero-order valence-corrected chi connectivity index (χ0v) is 16.0. The number of amides is 1. The molecule has 2 aromatic carbocycles. The SMILES string of the molecule is CCOC(=O)c1ccc(NC(=O)CCc2ccc(S(=O)(=O)NC)cc2)cc1. The van der Waals surface area contributed by atoms with Crippen molar-refractivity contribution in [1.29, 1.82) is 0 Å². The summed E-state index contributed by atoms with van der Waals surface area (Å²) in [4.78, 5) is 23.8. The van der Waals surface area contributed by atoms with Crippen molar-refractivity contribution in [3.05, 3.63) is 59.7 Å². The molecule has 0 unspecified atom stereocenters. The lowest BCUT2D eigenvalue weighted by molar-refractivity contribution is -0.116. The van der Waals surface area contributed by atoms with E-state index in [0.717, 1.165) is 5.56 Å². The predicted molar refractivity (Wildman–Crippen MR) is 102 cm³/mol. The van der Waals surface area contributed by atoms with Gasteiger partial charge in [-0.25, -0.2) is 17.9 Å². The molecule has 7 nitrogen and oxygen atoms in total. The van der Waals surface area contributed by atoms with Crippen molar-refractivity contribution in [2.75, 3.05) is 19.0 Å². The van der Waals surface area contributed by atoms with Gasteiger partial charge in [0.2, 0.25) is 15.9 Å². The van der Waals surface area contributed by atoms with Crippen LogP contribution in [0.25, 0.3) is 0 Å². The summed E-state index contributed by atoms with van der Waals surface area (Å²) in [7, 11) is -2.11. The number of hydrogen-bond acceptors (Lipinski definition) is 5. The lowest BCUT2D eigenvalue weighted by atomic mass is 10.1. The second kappa shape index (κ2) is 9.29. The second-order valence-corrected chi connectivity index (χ2v) is 7.58. The Labute approximate surface area is 158 Å². The Kier molecular flexibility index (Phi) is 7.09. The third-order valence-electron chi connectivity index (χ3n) is 3.82. The smallest absolute Gasteiger partial charge is 0.338 e. The summed E-state index contributed by atoms with van der Waals surface area (Å²) in [5, 5.41) is 2.76. The van der Waals surface area contributed by atoms with E-state index in [9.17, 15) is 18.0 Å². The largest absolute Gasteiger partial charge is 0.462 e. The summed E-state index contributed by atoms with van der Waals surface area (Å²) in [6.07, 6.45) is 0.727. The van der Waals surface area contributed by atoms with Gasteiger partial charge >= 0.3 is 5.97 Å². The molecule has 0 heterocycles. The standard InChI is InChI=1S/C19H22N2O5S/c1-3-26-19(23)15-7-9-16(10-8-15)21-18(22)13-6-14-4-11-17(12-5-14)27(24,25)20-2/h4-5,7-12,20H,3,6,13H2,1-2H3,(H,21,22). The number of aryl methyl sites for hydroxylation is 1. The van der Waals surface area contributed by atoms with E-state index in [0.29, 0.717) is 24.3 Å². The van der Waals surface area contributed by atoms with Crippen LogP contribution in [0.15, 0.2) is 53.4 Å². The van der Waals surface area contributed by atoms with E-state index in [1.54, 1.807) is 43.3 Å². The molecule has 0 spiro atoms. The molecular formula is C19H22N2O5S. The van der Waals surface area contributed by atoms with Crippen LogP contribution in [0, 0.1) is 0 Å². The van der Waals surface area contributed by atoms with E-state index in [2.05, 4.69) is 10.0 Å². The fraction of sp³-hybridized carbons (Fsp3) is 0.263. The topological polar surface area (TPSA) is 102 Å². The number of carbonyl (C=O) groups excluding carboxylic acids is 2. The summed E-state index contributed by atoms with van der Waals surface area (Å²) in [6.45, 7) is 2.04. The minimum Gasteiger partial charge on any atom is -0.462 e. The van der Waals surface area contributed by atoms with Gasteiger partial charge in [-0.2, -0.15) is 0 Å². The van der Waals surface area contributed by atoms with E-state index < -0.39 is 16.0 Å². The normalized spacial score (nSPS) is 11.0. The molecule has 0 saturated heterocycles. The molecule has 2 aromatic rings. The number of anilines is 1. The van der Waals surface area contributed by atoms with Crippen LogP contribution >= 0.6 is 0 Å². The molecule has 27 heavy (non-hydrogen) atoms. The number of hydrogen-bond donors (Lipinski definition) is 2. The van der Waals surface area contributed by atoms with Gasteiger partial charge in [-0.05, 0) is 62.4 Å². The Morgan fingerprint density at radius 2 is 1.63 bits per heavy atom.